The van der Waals surface area contributed by atoms with E-state index in [9.17, 15) is 5.11 Å². The number of halogens is 1. The Bertz CT molecular complexity index is 1870. The van der Waals surface area contributed by atoms with Gasteiger partial charge in [0.2, 0.25) is 0 Å². The summed E-state index contributed by atoms with van der Waals surface area (Å²) in [7, 11) is -2.66. The lowest BCUT2D eigenvalue weighted by Crippen LogP contribution is -3.00. The van der Waals surface area contributed by atoms with Crippen molar-refractivity contribution in [2.45, 2.75) is 19.3 Å². The van der Waals surface area contributed by atoms with E-state index in [0.29, 0.717) is 5.76 Å². The number of benzene rings is 6. The van der Waals surface area contributed by atoms with Crippen molar-refractivity contribution < 1.29 is 22.1 Å². The van der Waals surface area contributed by atoms with Gasteiger partial charge in [0.25, 0.3) is 0 Å². The van der Waals surface area contributed by atoms with E-state index >= 15 is 0 Å². The number of aliphatic hydroxyl groups is 1. The lowest BCUT2D eigenvalue weighted by atomic mass is 9.71. The minimum absolute atomic E-state index is 0. The molecule has 48 heavy (non-hydrogen) atoms. The second-order valence-electron chi connectivity index (χ2n) is 10.8. The molecule has 0 aliphatic heterocycles. The van der Waals surface area contributed by atoms with Gasteiger partial charge >= 0.3 is 0 Å². The van der Waals surface area contributed by atoms with Crippen LogP contribution in [0.1, 0.15) is 36.1 Å². The van der Waals surface area contributed by atoms with Crippen LogP contribution in [0.4, 0.5) is 0 Å². The quantitative estimate of drug-likeness (QED) is 0.206. The maximum Gasteiger partial charge on any atom is 0.164 e. The largest absolute Gasteiger partial charge is 1.00 e. The number of hydrogen-bond acceptors (Lipinski definition) is 3. The summed E-state index contributed by atoms with van der Waals surface area (Å²) in [5, 5.41) is 32.0. The molecule has 0 saturated heterocycles. The van der Waals surface area contributed by atoms with E-state index < -0.39 is 12.7 Å². The van der Waals surface area contributed by atoms with Gasteiger partial charge in [0, 0.05) is 19.4 Å². The van der Waals surface area contributed by atoms with Crippen molar-refractivity contribution in [3.05, 3.63) is 203 Å². The van der Waals surface area contributed by atoms with Crippen molar-refractivity contribution in [2.75, 3.05) is 0 Å². The maximum atomic E-state index is 12.7. The average Bonchev–Trinajstić information content (AvgIpc) is 3.41. The molecule has 0 bridgehead atoms. The molecule has 7 rings (SSSR count). The van der Waals surface area contributed by atoms with Crippen LogP contribution in [-0.4, -0.2) is 5.11 Å². The van der Waals surface area contributed by atoms with Gasteiger partial charge in [-0.25, -0.2) is 0 Å². The van der Waals surface area contributed by atoms with Crippen LogP contribution >= 0.6 is 7.26 Å². The van der Waals surface area contributed by atoms with Gasteiger partial charge in [-0.2, -0.15) is 10.5 Å². The second kappa shape index (κ2) is 16.5. The topological polar surface area (TPSA) is 67.8 Å². The van der Waals surface area contributed by atoms with Crippen LogP contribution in [0.25, 0.3) is 5.76 Å². The molecule has 0 radical (unpaired) electrons. The van der Waals surface area contributed by atoms with Crippen LogP contribution in [0.15, 0.2) is 181 Å². The van der Waals surface area contributed by atoms with Crippen LogP contribution in [0.5, 0.6) is 0 Å². The van der Waals surface area contributed by atoms with E-state index in [4.69, 9.17) is 10.5 Å². The number of rotatable bonds is 6. The highest BCUT2D eigenvalue weighted by molar-refractivity contribution is 7.99. The van der Waals surface area contributed by atoms with Crippen LogP contribution in [0.3, 0.4) is 0 Å². The minimum Gasteiger partial charge on any atom is -1.00 e. The Kier molecular flexibility index (Phi) is 12.3. The summed E-state index contributed by atoms with van der Waals surface area (Å²) in [6.45, 7) is 2.86. The van der Waals surface area contributed by atoms with Crippen molar-refractivity contribution >= 4 is 28.9 Å². The third-order valence-electron chi connectivity index (χ3n) is 8.35. The summed E-state index contributed by atoms with van der Waals surface area (Å²) >= 11 is 0. The van der Waals surface area contributed by atoms with E-state index in [0.717, 1.165) is 27.6 Å². The van der Waals surface area contributed by atoms with Crippen LogP contribution in [0, 0.1) is 22.7 Å². The first kappa shape index (κ1) is 35.6. The average molecular weight is 708 g/mol. The molecular weight excluding hydrogens is 671 g/mol. The number of hydrogen-bond donors (Lipinski definition) is 1. The highest BCUT2D eigenvalue weighted by Gasteiger charge is 2.64. The van der Waals surface area contributed by atoms with Crippen molar-refractivity contribution in [3.63, 3.8) is 0 Å². The zero-order chi connectivity index (χ0) is 33.1. The minimum atomic E-state index is -2.66. The Morgan fingerprint density at radius 2 is 0.771 bits per heavy atom. The molecule has 0 saturated carbocycles. The second-order valence-corrected chi connectivity index (χ2v) is 14.2. The Hall–Kier alpha value is -5.25. The fourth-order valence-electron chi connectivity index (χ4n) is 6.78. The molecule has 236 valence electrons. The molecule has 0 heterocycles. The van der Waals surface area contributed by atoms with Gasteiger partial charge in [-0.3, -0.25) is 0 Å². The molecule has 1 aliphatic carbocycles. The molecule has 0 atom stereocenters. The Balaban J connectivity index is 0.000000694. The molecule has 1 aliphatic rings. The SMILES string of the molecule is CC#N.CC#N.OC1=C([P+](c2ccccc2)(c2ccccc2)c2ccccc2)C(c2ccccc2)(c2ccccc2)c2ccccc21.[Br-]. The third-order valence-corrected chi connectivity index (χ3v) is 12.8. The zero-order valence-electron chi connectivity index (χ0n) is 26.9. The summed E-state index contributed by atoms with van der Waals surface area (Å²) < 4.78 is 0. The first-order valence-electron chi connectivity index (χ1n) is 15.4. The number of aliphatic hydroxyl groups excluding tert-OH is 1. The maximum absolute atomic E-state index is 12.7. The summed E-state index contributed by atoms with van der Waals surface area (Å²) in [5.74, 6) is 0.373. The fraction of sp³-hybridized carbons (Fsp3) is 0.0698. The van der Waals surface area contributed by atoms with Crippen LogP contribution in [-0.2, 0) is 5.41 Å². The van der Waals surface area contributed by atoms with Gasteiger partial charge in [0.1, 0.15) is 33.9 Å². The summed E-state index contributed by atoms with van der Waals surface area (Å²) in [6.07, 6.45) is 0. The van der Waals surface area contributed by atoms with Gasteiger partial charge in [0.05, 0.1) is 12.1 Å². The van der Waals surface area contributed by atoms with Gasteiger partial charge in [0.15, 0.2) is 5.76 Å². The summed E-state index contributed by atoms with van der Waals surface area (Å²) in [5.41, 5.74) is 3.56. The smallest absolute Gasteiger partial charge is 0.164 e. The molecule has 5 heteroatoms. The first-order chi connectivity index (χ1) is 23.1. The standard InChI is InChI=1S/C39H29OP.2C2H3N.BrH/c40-37-35-28-16-17-29-36(35)39(30-18-6-1-7-19-30,31-20-8-2-9-21-31)38(37)41(32-22-10-3-11-23-32,33-24-12-4-13-25-33)34-26-14-5-15-27-34;2*1-2-3;/h1-29H;2*1H3;1H. The van der Waals surface area contributed by atoms with Gasteiger partial charge in [-0.1, -0.05) is 140 Å². The summed E-state index contributed by atoms with van der Waals surface area (Å²) in [6, 6.07) is 65.9. The number of nitriles is 2. The van der Waals surface area contributed by atoms with Crippen molar-refractivity contribution in [1.29, 1.82) is 10.5 Å². The molecular formula is C43H36BrN2OP. The molecule has 0 fully saturated rings. The zero-order valence-corrected chi connectivity index (χ0v) is 29.4. The van der Waals surface area contributed by atoms with Crippen LogP contribution < -0.4 is 32.9 Å². The highest BCUT2D eigenvalue weighted by Crippen LogP contribution is 2.74. The molecule has 3 nitrogen and oxygen atoms in total. The first-order valence-corrected chi connectivity index (χ1v) is 17.2. The monoisotopic (exact) mass is 706 g/mol. The predicted molar refractivity (Wildman–Crippen MR) is 196 cm³/mol. The Morgan fingerprint density at radius 1 is 0.479 bits per heavy atom. The molecule has 1 N–H and O–H groups in total. The predicted octanol–water partition coefficient (Wildman–Crippen LogP) is 6.32. The fourth-order valence-corrected chi connectivity index (χ4v) is 11.6. The third kappa shape index (κ3) is 6.22. The summed E-state index contributed by atoms with van der Waals surface area (Å²) in [4.78, 5) is 0. The van der Waals surface area contributed by atoms with E-state index in [1.54, 1.807) is 12.1 Å². The van der Waals surface area contributed by atoms with Crippen molar-refractivity contribution in [1.82, 2.24) is 0 Å². The molecule has 0 spiro atoms. The van der Waals surface area contributed by atoms with E-state index in [2.05, 4.69) is 170 Å². The highest BCUT2D eigenvalue weighted by atomic mass is 79.9. The molecule has 0 unspecified atom stereocenters. The lowest BCUT2D eigenvalue weighted by Gasteiger charge is -2.40. The van der Waals surface area contributed by atoms with Gasteiger partial charge < -0.3 is 22.1 Å². The van der Waals surface area contributed by atoms with E-state index in [1.165, 1.54) is 29.8 Å². The molecule has 0 aromatic heterocycles. The lowest BCUT2D eigenvalue weighted by molar-refractivity contribution is -0.0000107. The van der Waals surface area contributed by atoms with E-state index in [-0.39, 0.29) is 17.0 Å². The van der Waals surface area contributed by atoms with Crippen molar-refractivity contribution in [3.8, 4) is 12.1 Å². The van der Waals surface area contributed by atoms with Crippen molar-refractivity contribution in [2.24, 2.45) is 0 Å². The van der Waals surface area contributed by atoms with Gasteiger partial charge in [-0.15, -0.1) is 0 Å². The normalized spacial score (nSPS) is 12.3. The Labute approximate surface area is 295 Å². The van der Waals surface area contributed by atoms with E-state index in [1.807, 2.05) is 6.07 Å². The molecule has 0 amide bonds. The Morgan fingerprint density at radius 3 is 1.12 bits per heavy atom. The number of allylic oxidation sites excluding steroid dienone is 1. The van der Waals surface area contributed by atoms with Crippen LogP contribution in [0.2, 0.25) is 0 Å². The number of nitrogens with zero attached hydrogens (tertiary/aromatic N) is 2. The molecule has 6 aromatic carbocycles. The van der Waals surface area contributed by atoms with Gasteiger partial charge in [-0.05, 0) is 53.1 Å². The number of fused-ring (bicyclic) bond motifs is 1. The molecule has 6 aromatic rings.